The van der Waals surface area contributed by atoms with Crippen LogP contribution in [0.1, 0.15) is 90.9 Å². The van der Waals surface area contributed by atoms with Gasteiger partial charge in [0.1, 0.15) is 6.04 Å². The topological polar surface area (TPSA) is 176 Å². The van der Waals surface area contributed by atoms with E-state index in [0.29, 0.717) is 25.8 Å². The summed E-state index contributed by atoms with van der Waals surface area (Å²) in [5.74, 6) is -1.10. The van der Waals surface area contributed by atoms with Gasteiger partial charge in [0.15, 0.2) is 5.03 Å². The molecule has 0 saturated carbocycles. The predicted molar refractivity (Wildman–Crippen MR) is 146 cm³/mol. The monoisotopic (exact) mass is 523 g/mol. The molecule has 210 valence electrons. The molecule has 13 heteroatoms. The summed E-state index contributed by atoms with van der Waals surface area (Å²) in [5, 5.41) is 25.3. The molecular weight excluding hydrogens is 477 g/mol. The minimum atomic E-state index is -0.809. The van der Waals surface area contributed by atoms with Gasteiger partial charge in [-0.2, -0.15) is 0 Å². The van der Waals surface area contributed by atoms with Crippen LogP contribution in [0, 0.1) is 22.6 Å². The van der Waals surface area contributed by atoms with Crippen molar-refractivity contribution in [3.8, 4) is 0 Å². The maximum atomic E-state index is 13.0. The summed E-state index contributed by atoms with van der Waals surface area (Å²) < 4.78 is 0. The van der Waals surface area contributed by atoms with E-state index in [-0.39, 0.29) is 36.7 Å². The molecule has 0 aromatic heterocycles. The molecule has 0 aliphatic heterocycles. The molecule has 37 heavy (non-hydrogen) atoms. The maximum Gasteiger partial charge on any atom is 0.308 e. The molecule has 0 bridgehead atoms. The smallest absolute Gasteiger partial charge is 0.308 e. The molecule has 0 heterocycles. The number of nitro groups is 1. The lowest BCUT2D eigenvalue weighted by Crippen LogP contribution is -2.53. The minimum Gasteiger partial charge on any atom is -0.449 e. The first-order valence-electron chi connectivity index (χ1n) is 13.4. The van der Waals surface area contributed by atoms with Crippen molar-refractivity contribution >= 4 is 24.7 Å². The fourth-order valence-electron chi connectivity index (χ4n) is 3.86. The number of carbonyl (C=O) groups excluding carboxylic acids is 2. The Morgan fingerprint density at radius 2 is 1.68 bits per heavy atom. The Kier molecular flexibility index (Phi) is 19.6. The Bertz CT molecular complexity index is 743. The number of rotatable bonds is 21. The minimum absolute atomic E-state index is 0.149. The summed E-state index contributed by atoms with van der Waals surface area (Å²) in [4.78, 5) is 43.1. The second-order valence-corrected chi connectivity index (χ2v) is 9.84. The van der Waals surface area contributed by atoms with Crippen molar-refractivity contribution in [2.75, 3.05) is 13.1 Å². The van der Waals surface area contributed by atoms with Crippen molar-refractivity contribution in [1.82, 2.24) is 16.1 Å². The zero-order valence-corrected chi connectivity index (χ0v) is 22.7. The van der Waals surface area contributed by atoms with Crippen molar-refractivity contribution in [2.45, 2.75) is 110 Å². The Morgan fingerprint density at radius 1 is 1.08 bits per heavy atom. The van der Waals surface area contributed by atoms with Gasteiger partial charge in [0, 0.05) is 25.3 Å². The Morgan fingerprint density at radius 3 is 2.22 bits per heavy atom. The van der Waals surface area contributed by atoms with Crippen LogP contribution in [0.4, 0.5) is 0 Å². The van der Waals surface area contributed by atoms with Crippen molar-refractivity contribution in [2.24, 2.45) is 16.6 Å². The average Bonchev–Trinajstić information content (AvgIpc) is 2.80. The molecular formula is C24H46BN7O5. The SMILES string of the molecule is [C-]#[N+]CCCCCCCCCCC(=O)N[C@@H](CCCN=C(N)N[N+](=O)[O-])C(=O)N[C@@H](CC(C)C)B(C)O. The van der Waals surface area contributed by atoms with E-state index >= 15 is 0 Å². The number of aliphatic imine (C=N–C) groups is 1. The first-order chi connectivity index (χ1) is 17.6. The number of nitrogens with one attached hydrogen (secondary N) is 3. The number of amides is 2. The van der Waals surface area contributed by atoms with Gasteiger partial charge in [-0.25, -0.2) is 21.7 Å². The Balaban J connectivity index is 4.71. The van der Waals surface area contributed by atoms with Gasteiger partial charge in [0.2, 0.25) is 18.4 Å². The van der Waals surface area contributed by atoms with Crippen LogP contribution in [-0.2, 0) is 9.59 Å². The van der Waals surface area contributed by atoms with Gasteiger partial charge in [-0.1, -0.05) is 58.2 Å². The average molecular weight is 523 g/mol. The molecule has 0 spiro atoms. The number of hydrazine groups is 1. The van der Waals surface area contributed by atoms with E-state index in [4.69, 9.17) is 12.3 Å². The molecule has 0 saturated heterocycles. The van der Waals surface area contributed by atoms with E-state index in [0.717, 1.165) is 51.4 Å². The van der Waals surface area contributed by atoms with E-state index in [1.54, 1.807) is 12.2 Å². The fraction of sp³-hybridized carbons (Fsp3) is 0.833. The lowest BCUT2D eigenvalue weighted by Gasteiger charge is -2.25. The van der Waals surface area contributed by atoms with Crippen LogP contribution in [0.5, 0.6) is 0 Å². The number of hydrogen-bond donors (Lipinski definition) is 5. The van der Waals surface area contributed by atoms with E-state index in [2.05, 4.69) is 20.5 Å². The molecule has 2 amide bonds. The molecule has 2 atom stereocenters. The summed E-state index contributed by atoms with van der Waals surface area (Å²) >= 11 is 0. The summed E-state index contributed by atoms with van der Waals surface area (Å²) in [5.41, 5.74) is 7.17. The number of unbranched alkanes of at least 4 members (excludes halogenated alkanes) is 7. The highest BCUT2D eigenvalue weighted by atomic mass is 16.7. The van der Waals surface area contributed by atoms with Crippen molar-refractivity contribution < 1.29 is 19.6 Å². The number of hydrogen-bond acceptors (Lipinski definition) is 6. The van der Waals surface area contributed by atoms with Crippen LogP contribution < -0.4 is 21.8 Å². The number of nitrogens with two attached hydrogens (primary N) is 1. The first kappa shape index (κ1) is 34.1. The maximum absolute atomic E-state index is 13.0. The molecule has 0 aromatic rings. The number of guanidine groups is 1. The van der Waals surface area contributed by atoms with Crippen LogP contribution in [0.3, 0.4) is 0 Å². The van der Waals surface area contributed by atoms with Gasteiger partial charge in [-0.05, 0) is 38.0 Å². The molecule has 0 radical (unpaired) electrons. The highest BCUT2D eigenvalue weighted by Crippen LogP contribution is 2.11. The van der Waals surface area contributed by atoms with Crippen LogP contribution in [0.25, 0.3) is 4.85 Å². The molecule has 0 aliphatic rings. The van der Waals surface area contributed by atoms with E-state index < -0.39 is 23.9 Å². The highest BCUT2D eigenvalue weighted by molar-refractivity contribution is 6.51. The fourth-order valence-corrected chi connectivity index (χ4v) is 3.86. The van der Waals surface area contributed by atoms with Gasteiger partial charge in [-0.15, -0.1) is 0 Å². The van der Waals surface area contributed by atoms with Crippen molar-refractivity contribution in [1.29, 1.82) is 0 Å². The van der Waals surface area contributed by atoms with Crippen molar-refractivity contribution in [3.05, 3.63) is 21.5 Å². The van der Waals surface area contributed by atoms with Gasteiger partial charge in [0.05, 0.1) is 0 Å². The molecule has 0 unspecified atom stereocenters. The summed E-state index contributed by atoms with van der Waals surface area (Å²) in [7, 11) is 0. The summed E-state index contributed by atoms with van der Waals surface area (Å²) in [6.07, 6.45) is 9.69. The first-order valence-corrected chi connectivity index (χ1v) is 13.4. The highest BCUT2D eigenvalue weighted by Gasteiger charge is 2.27. The largest absolute Gasteiger partial charge is 0.449 e. The molecule has 12 nitrogen and oxygen atoms in total. The second kappa shape index (κ2) is 21.2. The van der Waals surface area contributed by atoms with E-state index in [1.807, 2.05) is 13.8 Å². The third-order valence-corrected chi connectivity index (χ3v) is 5.85. The van der Waals surface area contributed by atoms with Gasteiger partial charge >= 0.3 is 6.92 Å². The molecule has 0 aliphatic carbocycles. The zero-order valence-electron chi connectivity index (χ0n) is 22.7. The van der Waals surface area contributed by atoms with E-state index in [1.165, 1.54) is 0 Å². The molecule has 0 fully saturated rings. The summed E-state index contributed by atoms with van der Waals surface area (Å²) in [6, 6.07) is -0.809. The van der Waals surface area contributed by atoms with Crippen LogP contribution in [0.15, 0.2) is 4.99 Å². The van der Waals surface area contributed by atoms with Crippen LogP contribution >= 0.6 is 0 Å². The quantitative estimate of drug-likeness (QED) is 0.0292. The zero-order chi connectivity index (χ0) is 28.1. The van der Waals surface area contributed by atoms with Crippen LogP contribution in [-0.4, -0.2) is 59.8 Å². The van der Waals surface area contributed by atoms with E-state index in [9.17, 15) is 24.7 Å². The Hall–Kier alpha value is -2.88. The summed E-state index contributed by atoms with van der Waals surface area (Å²) in [6.45, 7) is 12.4. The number of nitrogens with zero attached hydrogens (tertiary/aromatic N) is 3. The van der Waals surface area contributed by atoms with Crippen LogP contribution in [0.2, 0.25) is 6.82 Å². The Labute approximate surface area is 221 Å². The lowest BCUT2D eigenvalue weighted by atomic mass is 9.61. The lowest BCUT2D eigenvalue weighted by molar-refractivity contribution is -0.525. The van der Waals surface area contributed by atoms with Crippen molar-refractivity contribution in [3.63, 3.8) is 0 Å². The van der Waals surface area contributed by atoms with Gasteiger partial charge in [-0.3, -0.25) is 9.59 Å². The molecule has 0 rings (SSSR count). The van der Waals surface area contributed by atoms with Gasteiger partial charge in [0.25, 0.3) is 5.96 Å². The third-order valence-electron chi connectivity index (χ3n) is 5.85. The predicted octanol–water partition coefficient (Wildman–Crippen LogP) is 2.46. The standard InChI is InChI=1S/C24H46BN7O5/c1-19(2)18-21(25(3)35)30-23(34)20(14-13-17-28-24(26)31-32(36)37)29-22(33)15-11-9-7-5-6-8-10-12-16-27-4/h19-21,35H,5-18H2,1-3H3,(H,29,33)(H,30,34)(H3,26,28,31)/t20-,21-/m0/s1. The second-order valence-electron chi connectivity index (χ2n) is 9.84. The number of carbonyl (C=O) groups is 2. The third kappa shape index (κ3) is 19.9. The van der Waals surface area contributed by atoms with Gasteiger partial charge < -0.3 is 26.2 Å². The molecule has 6 N–H and O–H groups in total. The normalized spacial score (nSPS) is 12.9. The molecule has 0 aromatic carbocycles.